The van der Waals surface area contributed by atoms with E-state index < -0.39 is 0 Å². The lowest BCUT2D eigenvalue weighted by Gasteiger charge is -2.17. The highest BCUT2D eigenvalue weighted by atomic mass is 14.9. The molecule has 0 amide bonds. The minimum Gasteiger partial charge on any atom is -0.310 e. The van der Waals surface area contributed by atoms with E-state index in [1.807, 2.05) is 0 Å². The second kappa shape index (κ2) is 4.36. The van der Waals surface area contributed by atoms with Crippen LogP contribution in [0.3, 0.4) is 0 Å². The molecule has 0 bridgehead atoms. The van der Waals surface area contributed by atoms with Crippen molar-refractivity contribution in [2.45, 2.75) is 46.1 Å². The Morgan fingerprint density at radius 2 is 2.13 bits per heavy atom. The lowest BCUT2D eigenvalue weighted by molar-refractivity contribution is 0.642. The van der Waals surface area contributed by atoms with Crippen LogP contribution < -0.4 is 5.32 Å². The largest absolute Gasteiger partial charge is 0.310 e. The first-order valence-corrected chi connectivity index (χ1v) is 6.05. The van der Waals surface area contributed by atoms with E-state index in [2.05, 4.69) is 38.2 Å². The monoisotopic (exact) mass is 203 g/mol. The Kier molecular flexibility index (Phi) is 3.11. The standard InChI is InChI=1S/C14H21N/c1-4-12-8-10(2)11(3)13(9-12)14-6-5-7-15-14/h8-9,14-15H,4-7H2,1-3H3. The highest BCUT2D eigenvalue weighted by molar-refractivity contribution is 5.39. The molecule has 2 rings (SSSR count). The summed E-state index contributed by atoms with van der Waals surface area (Å²) in [5.74, 6) is 0. The molecule has 0 radical (unpaired) electrons. The second-order valence-electron chi connectivity index (χ2n) is 4.63. The highest BCUT2D eigenvalue weighted by Gasteiger charge is 2.18. The maximum Gasteiger partial charge on any atom is 0.0323 e. The fourth-order valence-electron chi connectivity index (χ4n) is 2.48. The molecule has 82 valence electrons. The molecule has 0 saturated carbocycles. The van der Waals surface area contributed by atoms with Gasteiger partial charge in [0.25, 0.3) is 0 Å². The van der Waals surface area contributed by atoms with Crippen molar-refractivity contribution in [3.8, 4) is 0 Å². The van der Waals surface area contributed by atoms with Crippen LogP contribution in [-0.4, -0.2) is 6.54 Å². The van der Waals surface area contributed by atoms with Gasteiger partial charge in [-0.3, -0.25) is 0 Å². The fourth-order valence-corrected chi connectivity index (χ4v) is 2.48. The van der Waals surface area contributed by atoms with Crippen molar-refractivity contribution >= 4 is 0 Å². The van der Waals surface area contributed by atoms with E-state index in [1.54, 1.807) is 0 Å². The van der Waals surface area contributed by atoms with Gasteiger partial charge in [-0.05, 0) is 61.9 Å². The van der Waals surface area contributed by atoms with E-state index in [9.17, 15) is 0 Å². The normalized spacial score (nSPS) is 20.9. The molecule has 0 spiro atoms. The first kappa shape index (κ1) is 10.7. The van der Waals surface area contributed by atoms with Gasteiger partial charge in [-0.1, -0.05) is 19.1 Å². The molecule has 1 nitrogen and oxygen atoms in total. The average Bonchev–Trinajstić information content (AvgIpc) is 2.75. The van der Waals surface area contributed by atoms with Gasteiger partial charge < -0.3 is 5.32 Å². The Morgan fingerprint density at radius 3 is 2.73 bits per heavy atom. The van der Waals surface area contributed by atoms with Gasteiger partial charge in [0.15, 0.2) is 0 Å². The Bertz CT molecular complexity index is 349. The summed E-state index contributed by atoms with van der Waals surface area (Å²) in [5.41, 5.74) is 5.93. The maximum absolute atomic E-state index is 3.59. The molecule has 1 aliphatic heterocycles. The van der Waals surface area contributed by atoms with Gasteiger partial charge in [-0.15, -0.1) is 0 Å². The zero-order valence-electron chi connectivity index (χ0n) is 10.1. The lowest BCUT2D eigenvalue weighted by Crippen LogP contribution is -2.14. The molecule has 1 unspecified atom stereocenters. The number of benzene rings is 1. The summed E-state index contributed by atoms with van der Waals surface area (Å²) >= 11 is 0. The Labute approximate surface area is 92.9 Å². The third-order valence-corrected chi connectivity index (χ3v) is 3.61. The maximum atomic E-state index is 3.59. The lowest BCUT2D eigenvalue weighted by atomic mass is 9.93. The van der Waals surface area contributed by atoms with Crippen molar-refractivity contribution in [3.63, 3.8) is 0 Å². The number of aryl methyl sites for hydroxylation is 2. The van der Waals surface area contributed by atoms with Crippen LogP contribution in [0.1, 0.15) is 48.1 Å². The third-order valence-electron chi connectivity index (χ3n) is 3.61. The Morgan fingerprint density at radius 1 is 1.33 bits per heavy atom. The van der Waals surface area contributed by atoms with Crippen molar-refractivity contribution < 1.29 is 0 Å². The predicted octanol–water partition coefficient (Wildman–Crippen LogP) is 3.29. The number of hydrogen-bond acceptors (Lipinski definition) is 1. The molecule has 0 aliphatic carbocycles. The highest BCUT2D eigenvalue weighted by Crippen LogP contribution is 2.28. The summed E-state index contributed by atoms with van der Waals surface area (Å²) in [6, 6.07) is 5.33. The van der Waals surface area contributed by atoms with Crippen molar-refractivity contribution in [3.05, 3.63) is 34.4 Å². The van der Waals surface area contributed by atoms with Gasteiger partial charge in [-0.2, -0.15) is 0 Å². The van der Waals surface area contributed by atoms with Crippen molar-refractivity contribution in [1.29, 1.82) is 0 Å². The third kappa shape index (κ3) is 2.07. The first-order chi connectivity index (χ1) is 7.22. The summed E-state index contributed by atoms with van der Waals surface area (Å²) in [6.45, 7) is 7.90. The summed E-state index contributed by atoms with van der Waals surface area (Å²) < 4.78 is 0. The van der Waals surface area contributed by atoms with E-state index >= 15 is 0 Å². The van der Waals surface area contributed by atoms with Crippen molar-refractivity contribution in [2.75, 3.05) is 6.54 Å². The Balaban J connectivity index is 2.39. The average molecular weight is 203 g/mol. The minimum atomic E-state index is 0.607. The van der Waals surface area contributed by atoms with E-state index in [0.717, 1.165) is 6.42 Å². The van der Waals surface area contributed by atoms with E-state index in [0.29, 0.717) is 6.04 Å². The smallest absolute Gasteiger partial charge is 0.0323 e. The van der Waals surface area contributed by atoms with Crippen molar-refractivity contribution in [1.82, 2.24) is 5.32 Å². The quantitative estimate of drug-likeness (QED) is 0.777. The molecule has 1 atom stereocenters. The molecular formula is C14H21N. The van der Waals surface area contributed by atoms with Crippen LogP contribution in [0, 0.1) is 13.8 Å². The zero-order valence-corrected chi connectivity index (χ0v) is 10.1. The van der Waals surface area contributed by atoms with Crippen LogP contribution in [0.15, 0.2) is 12.1 Å². The topological polar surface area (TPSA) is 12.0 Å². The molecule has 0 aromatic heterocycles. The van der Waals surface area contributed by atoms with Crippen LogP contribution in [0.2, 0.25) is 0 Å². The minimum absolute atomic E-state index is 0.607. The molecule has 1 N–H and O–H groups in total. The van der Waals surface area contributed by atoms with Gasteiger partial charge >= 0.3 is 0 Å². The molecule has 1 aliphatic rings. The van der Waals surface area contributed by atoms with Gasteiger partial charge in [0.2, 0.25) is 0 Å². The molecule has 1 aromatic carbocycles. The SMILES string of the molecule is CCc1cc(C)c(C)c(C2CCCN2)c1. The molecule has 1 aromatic rings. The van der Waals surface area contributed by atoms with Crippen LogP contribution in [0.25, 0.3) is 0 Å². The molecule has 15 heavy (non-hydrogen) atoms. The fraction of sp³-hybridized carbons (Fsp3) is 0.571. The van der Waals surface area contributed by atoms with Crippen LogP contribution in [0.5, 0.6) is 0 Å². The molecular weight excluding hydrogens is 182 g/mol. The number of rotatable bonds is 2. The summed E-state index contributed by atoms with van der Waals surface area (Å²) in [7, 11) is 0. The number of nitrogens with one attached hydrogen (secondary N) is 1. The van der Waals surface area contributed by atoms with Crippen LogP contribution in [-0.2, 0) is 6.42 Å². The zero-order chi connectivity index (χ0) is 10.8. The summed E-state index contributed by atoms with van der Waals surface area (Å²) in [5, 5.41) is 3.59. The van der Waals surface area contributed by atoms with Gasteiger partial charge in [-0.25, -0.2) is 0 Å². The molecule has 1 fully saturated rings. The van der Waals surface area contributed by atoms with Crippen LogP contribution in [0.4, 0.5) is 0 Å². The van der Waals surface area contributed by atoms with E-state index in [1.165, 1.54) is 41.6 Å². The molecule has 1 saturated heterocycles. The number of hydrogen-bond donors (Lipinski definition) is 1. The second-order valence-corrected chi connectivity index (χ2v) is 4.63. The van der Waals surface area contributed by atoms with E-state index in [-0.39, 0.29) is 0 Å². The molecule has 1 heterocycles. The Hall–Kier alpha value is -0.820. The van der Waals surface area contributed by atoms with Gasteiger partial charge in [0.05, 0.1) is 0 Å². The first-order valence-electron chi connectivity index (χ1n) is 6.05. The molecule has 1 heteroatoms. The van der Waals surface area contributed by atoms with Gasteiger partial charge in [0, 0.05) is 6.04 Å². The van der Waals surface area contributed by atoms with Crippen LogP contribution >= 0.6 is 0 Å². The van der Waals surface area contributed by atoms with Gasteiger partial charge in [0.1, 0.15) is 0 Å². The van der Waals surface area contributed by atoms with Crippen molar-refractivity contribution in [2.24, 2.45) is 0 Å². The summed E-state index contributed by atoms with van der Waals surface area (Å²) in [4.78, 5) is 0. The van der Waals surface area contributed by atoms with E-state index in [4.69, 9.17) is 0 Å². The summed E-state index contributed by atoms with van der Waals surface area (Å²) in [6.07, 6.45) is 3.76. The predicted molar refractivity (Wildman–Crippen MR) is 65.3 cm³/mol.